The highest BCUT2D eigenvalue weighted by atomic mass is 35.5. The van der Waals surface area contributed by atoms with E-state index in [0.717, 1.165) is 29.8 Å². The molecule has 0 fully saturated rings. The molecule has 0 aliphatic carbocycles. The van der Waals surface area contributed by atoms with E-state index < -0.39 is 25.5 Å². The van der Waals surface area contributed by atoms with E-state index in [2.05, 4.69) is 29.6 Å². The summed E-state index contributed by atoms with van der Waals surface area (Å²) in [5, 5.41) is 1.75. The van der Waals surface area contributed by atoms with E-state index in [1.54, 1.807) is 28.6 Å². The zero-order valence-electron chi connectivity index (χ0n) is 19.5. The van der Waals surface area contributed by atoms with Crippen molar-refractivity contribution in [1.29, 1.82) is 0 Å². The highest BCUT2D eigenvalue weighted by Crippen LogP contribution is 2.37. The maximum atomic E-state index is 14.9. The third-order valence-electron chi connectivity index (χ3n) is 5.38. The Hall–Kier alpha value is -1.94. The van der Waals surface area contributed by atoms with Gasteiger partial charge < -0.3 is 14.0 Å². The van der Waals surface area contributed by atoms with Crippen molar-refractivity contribution in [2.24, 2.45) is 4.99 Å². The van der Waals surface area contributed by atoms with Crippen molar-refractivity contribution in [2.75, 3.05) is 18.9 Å². The van der Waals surface area contributed by atoms with Crippen molar-refractivity contribution in [3.63, 3.8) is 0 Å². The van der Waals surface area contributed by atoms with E-state index >= 15 is 0 Å². The largest absolute Gasteiger partial charge is 0.450 e. The minimum Gasteiger partial charge on any atom is -0.450 e. The molecule has 0 N–H and O–H groups in total. The van der Waals surface area contributed by atoms with Crippen LogP contribution in [-0.2, 0) is 17.9 Å². The van der Waals surface area contributed by atoms with Crippen LogP contribution >= 0.6 is 23.4 Å². The lowest BCUT2D eigenvalue weighted by molar-refractivity contribution is 0.0899. The third-order valence-corrected chi connectivity index (χ3v) is 8.47. The van der Waals surface area contributed by atoms with Crippen LogP contribution in [-0.4, -0.2) is 41.6 Å². The molecular formula is C24H28ClF2N3O2SSi. The minimum atomic E-state index is -1.20. The van der Waals surface area contributed by atoms with E-state index in [1.165, 1.54) is 18.3 Å². The van der Waals surface area contributed by atoms with Crippen LogP contribution in [0.25, 0.3) is 11.0 Å². The number of benzene rings is 1. The molecule has 0 spiro atoms. The average Bonchev–Trinajstić information content (AvgIpc) is 3.10. The van der Waals surface area contributed by atoms with Crippen LogP contribution in [0.5, 0.6) is 11.5 Å². The Morgan fingerprint density at radius 1 is 1.21 bits per heavy atom. The summed E-state index contributed by atoms with van der Waals surface area (Å²) in [6.45, 7) is 8.56. The molecule has 0 saturated carbocycles. The van der Waals surface area contributed by atoms with Crippen LogP contribution < -0.4 is 4.74 Å². The molecule has 0 unspecified atom stereocenters. The van der Waals surface area contributed by atoms with E-state index in [0.29, 0.717) is 34.6 Å². The SMILES string of the molecule is C[Si](C)(C)CCOCn1cc(Cl)c2c(Oc3c(F)cc(CC4=NCCCS4)cc3F)ccnc21. The van der Waals surface area contributed by atoms with Gasteiger partial charge in [-0.15, -0.1) is 11.8 Å². The fourth-order valence-corrected chi connectivity index (χ4v) is 5.58. The fourth-order valence-electron chi connectivity index (χ4n) is 3.57. The lowest BCUT2D eigenvalue weighted by atomic mass is 10.1. The molecular weight excluding hydrogens is 496 g/mol. The van der Waals surface area contributed by atoms with Gasteiger partial charge in [-0.2, -0.15) is 0 Å². The number of pyridine rings is 1. The molecule has 3 aromatic rings. The topological polar surface area (TPSA) is 48.6 Å². The highest BCUT2D eigenvalue weighted by Gasteiger charge is 2.20. The Balaban J connectivity index is 1.54. The average molecular weight is 524 g/mol. The summed E-state index contributed by atoms with van der Waals surface area (Å²) in [5.74, 6) is -0.802. The maximum Gasteiger partial charge on any atom is 0.198 e. The predicted octanol–water partition coefficient (Wildman–Crippen LogP) is 7.15. The van der Waals surface area contributed by atoms with Crippen LogP contribution in [0.1, 0.15) is 12.0 Å². The van der Waals surface area contributed by atoms with Crippen molar-refractivity contribution in [3.05, 3.63) is 52.8 Å². The second kappa shape index (κ2) is 10.8. The number of nitrogens with zero attached hydrogens (tertiary/aromatic N) is 3. The van der Waals surface area contributed by atoms with E-state index in [9.17, 15) is 8.78 Å². The van der Waals surface area contributed by atoms with Crippen LogP contribution in [0, 0.1) is 11.6 Å². The van der Waals surface area contributed by atoms with Gasteiger partial charge in [-0.3, -0.25) is 4.99 Å². The van der Waals surface area contributed by atoms with Gasteiger partial charge in [0.1, 0.15) is 18.1 Å². The summed E-state index contributed by atoms with van der Waals surface area (Å²) in [5.41, 5.74) is 1.05. The number of hydrogen-bond acceptors (Lipinski definition) is 5. The number of hydrogen-bond donors (Lipinski definition) is 0. The first-order chi connectivity index (χ1) is 16.2. The number of fused-ring (bicyclic) bond motifs is 1. The van der Waals surface area contributed by atoms with Crippen LogP contribution in [0.4, 0.5) is 8.78 Å². The van der Waals surface area contributed by atoms with Crippen molar-refractivity contribution in [2.45, 2.75) is 45.3 Å². The summed E-state index contributed by atoms with van der Waals surface area (Å²) >= 11 is 8.09. The minimum absolute atomic E-state index is 0.230. The number of halogens is 3. The van der Waals surface area contributed by atoms with Gasteiger partial charge in [-0.25, -0.2) is 13.8 Å². The molecule has 34 heavy (non-hydrogen) atoms. The molecule has 3 heterocycles. The summed E-state index contributed by atoms with van der Waals surface area (Å²) in [4.78, 5) is 8.81. The smallest absolute Gasteiger partial charge is 0.198 e. The molecule has 4 rings (SSSR count). The van der Waals surface area contributed by atoms with Crippen LogP contribution in [0.15, 0.2) is 35.6 Å². The second-order valence-electron chi connectivity index (χ2n) is 9.45. The van der Waals surface area contributed by atoms with Gasteiger partial charge in [-0.1, -0.05) is 31.2 Å². The Morgan fingerprint density at radius 2 is 1.97 bits per heavy atom. The van der Waals surface area contributed by atoms with Crippen LogP contribution in [0.2, 0.25) is 30.7 Å². The van der Waals surface area contributed by atoms with E-state index in [-0.39, 0.29) is 12.5 Å². The van der Waals surface area contributed by atoms with Crippen LogP contribution in [0.3, 0.4) is 0 Å². The molecule has 1 aromatic carbocycles. The van der Waals surface area contributed by atoms with Gasteiger partial charge in [0.2, 0.25) is 0 Å². The van der Waals surface area contributed by atoms with Crippen molar-refractivity contribution in [3.8, 4) is 11.5 Å². The van der Waals surface area contributed by atoms with Crippen molar-refractivity contribution < 1.29 is 18.3 Å². The molecule has 10 heteroatoms. The van der Waals surface area contributed by atoms with Gasteiger partial charge in [0.25, 0.3) is 0 Å². The summed E-state index contributed by atoms with van der Waals surface area (Å²) in [6, 6.07) is 5.19. The number of aromatic nitrogens is 2. The van der Waals surface area contributed by atoms with Gasteiger partial charge in [0.15, 0.2) is 17.4 Å². The van der Waals surface area contributed by atoms with Crippen molar-refractivity contribution in [1.82, 2.24) is 9.55 Å². The predicted molar refractivity (Wildman–Crippen MR) is 138 cm³/mol. The molecule has 0 bridgehead atoms. The number of rotatable bonds is 9. The zero-order valence-corrected chi connectivity index (χ0v) is 22.1. The number of ether oxygens (including phenoxy) is 2. The molecule has 5 nitrogen and oxygen atoms in total. The molecule has 182 valence electrons. The highest BCUT2D eigenvalue weighted by molar-refractivity contribution is 8.14. The fraction of sp³-hybridized carbons (Fsp3) is 0.417. The lowest BCUT2D eigenvalue weighted by Crippen LogP contribution is -2.22. The molecule has 0 saturated heterocycles. The Labute approximate surface area is 208 Å². The quantitative estimate of drug-likeness (QED) is 0.221. The molecule has 0 amide bonds. The Bertz CT molecular complexity index is 1190. The lowest BCUT2D eigenvalue weighted by Gasteiger charge is -2.15. The summed E-state index contributed by atoms with van der Waals surface area (Å²) < 4.78 is 43.0. The first kappa shape index (κ1) is 25.2. The Morgan fingerprint density at radius 3 is 2.65 bits per heavy atom. The van der Waals surface area contributed by atoms with Gasteiger partial charge in [0.05, 0.1) is 15.5 Å². The van der Waals surface area contributed by atoms with Gasteiger partial charge in [0, 0.05) is 45.8 Å². The second-order valence-corrected chi connectivity index (χ2v) is 16.6. The standard InChI is InChI=1S/C24H28ClF2N3O2SSi/c1-34(2,3)10-8-31-15-30-14-17(25)22-20(5-7-29-24(22)30)32-23-18(26)11-16(12-19(23)27)13-21-28-6-4-9-33-21/h5,7,11-12,14H,4,6,8-10,13,15H2,1-3H3. The summed E-state index contributed by atoms with van der Waals surface area (Å²) in [6.07, 6.45) is 4.65. The Kier molecular flexibility index (Phi) is 7.96. The maximum absolute atomic E-state index is 14.9. The molecule has 0 radical (unpaired) electrons. The van der Waals surface area contributed by atoms with E-state index in [1.807, 2.05) is 0 Å². The zero-order chi connectivity index (χ0) is 24.3. The number of thioether (sulfide) groups is 1. The number of aliphatic imine (C=N–C) groups is 1. The molecule has 0 atom stereocenters. The first-order valence-electron chi connectivity index (χ1n) is 11.2. The monoisotopic (exact) mass is 523 g/mol. The van der Waals surface area contributed by atoms with Gasteiger partial charge >= 0.3 is 0 Å². The summed E-state index contributed by atoms with van der Waals surface area (Å²) in [7, 11) is -1.20. The molecule has 1 aliphatic rings. The van der Waals surface area contributed by atoms with Crippen molar-refractivity contribution >= 4 is 47.5 Å². The van der Waals surface area contributed by atoms with Gasteiger partial charge in [-0.05, 0) is 36.2 Å². The first-order valence-corrected chi connectivity index (χ1v) is 16.3. The third kappa shape index (κ3) is 6.18. The van der Waals surface area contributed by atoms with E-state index in [4.69, 9.17) is 21.1 Å². The normalized spacial score (nSPS) is 14.5. The molecule has 2 aromatic heterocycles. The molecule has 1 aliphatic heterocycles.